The standard InChI is InChI=1S/C23H18OSi/c1-4-10-20-16(6-1)12-13-23(20)25-24-15-18-8-5-11-21-19-9-3-2-7-17(19)14-22(18)21/h1-13,23H,14-15H2. The molecule has 0 bridgehead atoms. The smallest absolute Gasteiger partial charge is 0.242 e. The largest absolute Gasteiger partial charge is 0.412 e. The molecule has 0 fully saturated rings. The van der Waals surface area contributed by atoms with E-state index in [-0.39, 0.29) is 0 Å². The zero-order valence-electron chi connectivity index (χ0n) is 13.9. The van der Waals surface area contributed by atoms with Crippen molar-refractivity contribution in [2.45, 2.75) is 18.6 Å². The maximum Gasteiger partial charge on any atom is 0.242 e. The van der Waals surface area contributed by atoms with E-state index >= 15 is 0 Å². The number of fused-ring (bicyclic) bond motifs is 4. The molecule has 0 aliphatic heterocycles. The number of benzene rings is 3. The van der Waals surface area contributed by atoms with Crippen LogP contribution in [0.5, 0.6) is 0 Å². The average molecular weight is 338 g/mol. The Morgan fingerprint density at radius 2 is 1.72 bits per heavy atom. The van der Waals surface area contributed by atoms with E-state index in [1.165, 1.54) is 38.9 Å². The molecule has 0 N–H and O–H groups in total. The molecule has 2 heteroatoms. The van der Waals surface area contributed by atoms with Gasteiger partial charge in [-0.25, -0.2) is 0 Å². The molecule has 1 atom stereocenters. The Morgan fingerprint density at radius 1 is 0.880 bits per heavy atom. The van der Waals surface area contributed by atoms with Crippen LogP contribution >= 0.6 is 0 Å². The zero-order chi connectivity index (χ0) is 16.6. The minimum absolute atomic E-state index is 0.408. The monoisotopic (exact) mass is 338 g/mol. The summed E-state index contributed by atoms with van der Waals surface area (Å²) in [5, 5.41) is 0. The van der Waals surface area contributed by atoms with E-state index in [4.69, 9.17) is 4.43 Å². The lowest BCUT2D eigenvalue weighted by Crippen LogP contribution is -2.09. The molecule has 120 valence electrons. The summed E-state index contributed by atoms with van der Waals surface area (Å²) in [7, 11) is 0.466. The Morgan fingerprint density at radius 3 is 2.72 bits per heavy atom. The minimum Gasteiger partial charge on any atom is -0.412 e. The van der Waals surface area contributed by atoms with Gasteiger partial charge in [-0.15, -0.1) is 0 Å². The lowest BCUT2D eigenvalue weighted by atomic mass is 10.0. The van der Waals surface area contributed by atoms with E-state index in [2.05, 4.69) is 78.9 Å². The van der Waals surface area contributed by atoms with Crippen LogP contribution in [0.15, 0.2) is 72.8 Å². The van der Waals surface area contributed by atoms with Crippen molar-refractivity contribution < 1.29 is 4.43 Å². The maximum atomic E-state index is 6.16. The number of rotatable bonds is 4. The second kappa shape index (κ2) is 6.14. The summed E-state index contributed by atoms with van der Waals surface area (Å²) < 4.78 is 6.16. The third-order valence-corrected chi connectivity index (χ3v) is 6.25. The van der Waals surface area contributed by atoms with Gasteiger partial charge in [0.25, 0.3) is 0 Å². The van der Waals surface area contributed by atoms with Crippen LogP contribution in [-0.2, 0) is 17.5 Å². The highest BCUT2D eigenvalue weighted by Gasteiger charge is 2.22. The minimum atomic E-state index is 0.408. The molecule has 2 aliphatic rings. The summed E-state index contributed by atoms with van der Waals surface area (Å²) in [6.45, 7) is 0.697. The first-order valence-corrected chi connectivity index (χ1v) is 9.72. The predicted molar refractivity (Wildman–Crippen MR) is 103 cm³/mol. The van der Waals surface area contributed by atoms with Crippen LogP contribution in [-0.4, -0.2) is 9.76 Å². The van der Waals surface area contributed by atoms with Gasteiger partial charge in [0.2, 0.25) is 9.76 Å². The van der Waals surface area contributed by atoms with E-state index in [0.717, 1.165) is 6.42 Å². The molecule has 0 spiro atoms. The van der Waals surface area contributed by atoms with Gasteiger partial charge in [0.05, 0.1) is 6.61 Å². The van der Waals surface area contributed by atoms with Crippen LogP contribution in [0, 0.1) is 0 Å². The molecule has 2 aliphatic carbocycles. The van der Waals surface area contributed by atoms with Gasteiger partial charge in [-0.3, -0.25) is 0 Å². The molecule has 0 saturated carbocycles. The molecule has 3 aromatic carbocycles. The molecule has 25 heavy (non-hydrogen) atoms. The molecular formula is C23H18OSi. The third-order valence-electron chi connectivity index (χ3n) is 5.19. The van der Waals surface area contributed by atoms with Gasteiger partial charge in [0, 0.05) is 5.54 Å². The Kier molecular flexibility index (Phi) is 3.65. The van der Waals surface area contributed by atoms with Crippen LogP contribution in [0.25, 0.3) is 17.2 Å². The van der Waals surface area contributed by atoms with E-state index in [0.29, 0.717) is 21.9 Å². The van der Waals surface area contributed by atoms with Crippen LogP contribution in [0.2, 0.25) is 0 Å². The molecule has 0 aromatic heterocycles. The number of allylic oxidation sites excluding steroid dienone is 1. The fourth-order valence-corrected chi connectivity index (χ4v) is 4.90. The topological polar surface area (TPSA) is 9.23 Å². The van der Waals surface area contributed by atoms with E-state index in [9.17, 15) is 0 Å². The van der Waals surface area contributed by atoms with Crippen LogP contribution in [0.3, 0.4) is 0 Å². The first kappa shape index (κ1) is 14.9. The summed E-state index contributed by atoms with van der Waals surface area (Å²) in [5.74, 6) is 0. The van der Waals surface area contributed by atoms with Crippen molar-refractivity contribution in [3.05, 3.63) is 101 Å². The van der Waals surface area contributed by atoms with Crippen molar-refractivity contribution in [3.63, 3.8) is 0 Å². The van der Waals surface area contributed by atoms with Gasteiger partial charge in [0.15, 0.2) is 0 Å². The fraction of sp³-hybridized carbons (Fsp3) is 0.130. The van der Waals surface area contributed by atoms with Gasteiger partial charge < -0.3 is 4.43 Å². The normalized spacial score (nSPS) is 16.6. The Hall–Kier alpha value is -2.42. The van der Waals surface area contributed by atoms with Crippen LogP contribution in [0.4, 0.5) is 0 Å². The van der Waals surface area contributed by atoms with Crippen molar-refractivity contribution in [2.75, 3.05) is 0 Å². The lowest BCUT2D eigenvalue weighted by molar-refractivity contribution is 0.320. The Bertz CT molecular complexity index is 973. The summed E-state index contributed by atoms with van der Waals surface area (Å²) in [5.41, 5.74) is 10.1. The number of hydrogen-bond donors (Lipinski definition) is 0. The van der Waals surface area contributed by atoms with Gasteiger partial charge in [-0.05, 0) is 45.4 Å². The first-order valence-electron chi connectivity index (χ1n) is 8.73. The molecular weight excluding hydrogens is 320 g/mol. The third kappa shape index (κ3) is 2.58. The Balaban J connectivity index is 1.32. The van der Waals surface area contributed by atoms with E-state index in [1.807, 2.05) is 0 Å². The van der Waals surface area contributed by atoms with Gasteiger partial charge >= 0.3 is 0 Å². The van der Waals surface area contributed by atoms with Crippen LogP contribution < -0.4 is 0 Å². The second-order valence-electron chi connectivity index (χ2n) is 6.65. The van der Waals surface area contributed by atoms with E-state index < -0.39 is 0 Å². The summed E-state index contributed by atoms with van der Waals surface area (Å²) in [6, 6.07) is 23.9. The van der Waals surface area contributed by atoms with Gasteiger partial charge in [-0.1, -0.05) is 78.9 Å². The summed E-state index contributed by atoms with van der Waals surface area (Å²) in [4.78, 5) is 0. The predicted octanol–water partition coefficient (Wildman–Crippen LogP) is 5.16. The van der Waals surface area contributed by atoms with Gasteiger partial charge in [-0.2, -0.15) is 0 Å². The quantitative estimate of drug-likeness (QED) is 0.467. The molecule has 1 nitrogen and oxygen atoms in total. The molecule has 1 unspecified atom stereocenters. The number of hydrogen-bond acceptors (Lipinski definition) is 1. The highest BCUT2D eigenvalue weighted by atomic mass is 28.2. The molecule has 0 amide bonds. The molecule has 0 saturated heterocycles. The van der Waals surface area contributed by atoms with Crippen molar-refractivity contribution in [2.24, 2.45) is 0 Å². The fourth-order valence-electron chi connectivity index (χ4n) is 3.92. The lowest BCUT2D eigenvalue weighted by Gasteiger charge is -2.12. The zero-order valence-corrected chi connectivity index (χ0v) is 14.9. The summed E-state index contributed by atoms with van der Waals surface area (Å²) >= 11 is 0. The van der Waals surface area contributed by atoms with Crippen molar-refractivity contribution >= 4 is 15.8 Å². The van der Waals surface area contributed by atoms with E-state index in [1.54, 1.807) is 0 Å². The second-order valence-corrected chi connectivity index (χ2v) is 7.80. The van der Waals surface area contributed by atoms with Crippen molar-refractivity contribution in [1.82, 2.24) is 0 Å². The summed E-state index contributed by atoms with van der Waals surface area (Å²) in [6.07, 6.45) is 5.52. The van der Waals surface area contributed by atoms with Crippen molar-refractivity contribution in [3.8, 4) is 11.1 Å². The highest BCUT2D eigenvalue weighted by Crippen LogP contribution is 2.38. The van der Waals surface area contributed by atoms with Crippen molar-refractivity contribution in [1.29, 1.82) is 0 Å². The first-order chi connectivity index (χ1) is 12.4. The maximum absolute atomic E-state index is 6.16. The molecule has 2 radical (unpaired) electrons. The molecule has 5 rings (SSSR count). The SMILES string of the molecule is C1=CC([Si]OCc2cccc3c2Cc2ccccc2-3)c2ccccc21. The Labute approximate surface area is 150 Å². The average Bonchev–Trinajstić information content (AvgIpc) is 3.24. The molecule has 0 heterocycles. The molecule has 3 aromatic rings. The van der Waals surface area contributed by atoms with Crippen LogP contribution in [0.1, 0.15) is 33.4 Å². The van der Waals surface area contributed by atoms with Gasteiger partial charge in [0.1, 0.15) is 0 Å². The highest BCUT2D eigenvalue weighted by molar-refractivity contribution is 6.31.